The zero-order valence-electron chi connectivity index (χ0n) is 10.1. The number of hydrogen-bond donors (Lipinski definition) is 1. The Kier molecular flexibility index (Phi) is 6.35. The van der Waals surface area contributed by atoms with Crippen LogP contribution in [0.25, 0.3) is 0 Å². The minimum atomic E-state index is 0.899. The first-order chi connectivity index (χ1) is 7.26. The van der Waals surface area contributed by atoms with E-state index in [1.54, 1.807) is 5.54 Å². The van der Waals surface area contributed by atoms with Crippen LogP contribution < -0.4 is 5.32 Å². The summed E-state index contributed by atoms with van der Waals surface area (Å²) >= 11 is 5.61. The Morgan fingerprint density at radius 1 is 1.27 bits per heavy atom. The van der Waals surface area contributed by atoms with E-state index in [-0.39, 0.29) is 0 Å². The number of halogens is 1. The molecule has 0 unspecified atom stereocenters. The summed E-state index contributed by atoms with van der Waals surface area (Å²) in [6.07, 6.45) is 7.07. The van der Waals surface area contributed by atoms with Crippen molar-refractivity contribution in [2.24, 2.45) is 11.8 Å². The predicted octanol–water partition coefficient (Wildman–Crippen LogP) is 3.94. The van der Waals surface area contributed by atoms with Crippen molar-refractivity contribution in [1.82, 2.24) is 5.32 Å². The lowest BCUT2D eigenvalue weighted by Gasteiger charge is -2.27. The van der Waals surface area contributed by atoms with Crippen LogP contribution in [0.5, 0.6) is 0 Å². The lowest BCUT2D eigenvalue weighted by molar-refractivity contribution is 0.264. The number of hydrogen-bond acceptors (Lipinski definition) is 1. The zero-order valence-corrected chi connectivity index (χ0v) is 10.8. The fraction of sp³-hybridized carbons (Fsp3) is 0.846. The summed E-state index contributed by atoms with van der Waals surface area (Å²) in [6, 6.07) is 0. The van der Waals surface area contributed by atoms with Gasteiger partial charge in [0.05, 0.1) is 0 Å². The van der Waals surface area contributed by atoms with Gasteiger partial charge in [0.25, 0.3) is 0 Å². The van der Waals surface area contributed by atoms with Crippen LogP contribution in [0, 0.1) is 11.8 Å². The predicted molar refractivity (Wildman–Crippen MR) is 68.2 cm³/mol. The third-order valence-corrected chi connectivity index (χ3v) is 3.94. The molecule has 0 aromatic rings. The summed E-state index contributed by atoms with van der Waals surface area (Å²) in [7, 11) is 0. The van der Waals surface area contributed by atoms with Gasteiger partial charge in [0.1, 0.15) is 0 Å². The van der Waals surface area contributed by atoms with E-state index in [4.69, 9.17) is 11.6 Å². The highest BCUT2D eigenvalue weighted by Gasteiger charge is 2.19. The second-order valence-corrected chi connectivity index (χ2v) is 5.10. The summed E-state index contributed by atoms with van der Waals surface area (Å²) in [4.78, 5) is 0. The molecule has 88 valence electrons. The van der Waals surface area contributed by atoms with E-state index in [9.17, 15) is 0 Å². The van der Waals surface area contributed by atoms with E-state index in [2.05, 4.69) is 19.2 Å². The van der Waals surface area contributed by atoms with Crippen LogP contribution in [0.3, 0.4) is 0 Å². The largest absolute Gasteiger partial charge is 0.313 e. The molecule has 0 heterocycles. The molecule has 0 saturated heterocycles. The maximum atomic E-state index is 5.61. The Morgan fingerprint density at radius 2 is 1.87 bits per heavy atom. The Balaban J connectivity index is 2.08. The van der Waals surface area contributed by atoms with Crippen LogP contribution in [0.1, 0.15) is 46.0 Å². The molecule has 0 aromatic heterocycles. The van der Waals surface area contributed by atoms with Gasteiger partial charge >= 0.3 is 0 Å². The van der Waals surface area contributed by atoms with Gasteiger partial charge in [-0.25, -0.2) is 0 Å². The van der Waals surface area contributed by atoms with Crippen molar-refractivity contribution in [1.29, 1.82) is 0 Å². The average molecular weight is 230 g/mol. The minimum Gasteiger partial charge on any atom is -0.313 e. The van der Waals surface area contributed by atoms with Gasteiger partial charge < -0.3 is 5.32 Å². The van der Waals surface area contributed by atoms with Crippen molar-refractivity contribution in [2.75, 3.05) is 13.1 Å². The van der Waals surface area contributed by atoms with E-state index < -0.39 is 0 Å². The highest BCUT2D eigenvalue weighted by Crippen LogP contribution is 2.29. The Hall–Kier alpha value is -0.0100. The van der Waals surface area contributed by atoms with Crippen molar-refractivity contribution in [3.8, 4) is 0 Å². The van der Waals surface area contributed by atoms with Gasteiger partial charge in [-0.2, -0.15) is 0 Å². The first-order valence-corrected chi connectivity index (χ1v) is 6.66. The molecule has 0 aromatic carbocycles. The molecular formula is C13H24ClN. The lowest BCUT2D eigenvalue weighted by atomic mass is 9.81. The van der Waals surface area contributed by atoms with E-state index >= 15 is 0 Å². The Bertz CT molecular complexity index is 193. The molecule has 0 amide bonds. The van der Waals surface area contributed by atoms with E-state index in [0.717, 1.165) is 18.4 Å². The number of nitrogens with one attached hydrogen (secondary N) is 1. The third-order valence-electron chi connectivity index (χ3n) is 3.57. The Labute approximate surface area is 99.3 Å². The van der Waals surface area contributed by atoms with Gasteiger partial charge in [0.15, 0.2) is 0 Å². The van der Waals surface area contributed by atoms with Gasteiger partial charge in [0.2, 0.25) is 0 Å². The fourth-order valence-corrected chi connectivity index (χ4v) is 2.43. The summed E-state index contributed by atoms with van der Waals surface area (Å²) in [5, 5.41) is 3.49. The molecule has 0 aliphatic heterocycles. The highest BCUT2D eigenvalue weighted by atomic mass is 35.5. The molecule has 0 atom stereocenters. The molecule has 1 nitrogen and oxygen atoms in total. The smallest absolute Gasteiger partial charge is 0.0173 e. The fourth-order valence-electron chi connectivity index (χ4n) is 2.36. The molecule has 1 rings (SSSR count). The van der Waals surface area contributed by atoms with Crippen molar-refractivity contribution < 1.29 is 0 Å². The molecule has 15 heavy (non-hydrogen) atoms. The summed E-state index contributed by atoms with van der Waals surface area (Å²) in [6.45, 7) is 6.49. The van der Waals surface area contributed by atoms with E-state index in [1.807, 2.05) is 0 Å². The van der Waals surface area contributed by atoms with Crippen LogP contribution in [-0.2, 0) is 0 Å². The second kappa shape index (κ2) is 7.29. The molecule has 1 aliphatic carbocycles. The van der Waals surface area contributed by atoms with E-state index in [1.165, 1.54) is 44.2 Å². The first kappa shape index (κ1) is 13.1. The van der Waals surface area contributed by atoms with Gasteiger partial charge in [-0.1, -0.05) is 37.8 Å². The molecule has 0 bridgehead atoms. The molecule has 0 spiro atoms. The molecule has 2 heteroatoms. The van der Waals surface area contributed by atoms with Crippen LogP contribution in [-0.4, -0.2) is 13.1 Å². The normalized spacial score (nSPS) is 28.1. The maximum absolute atomic E-state index is 5.61. The molecule has 1 aliphatic rings. The Morgan fingerprint density at radius 3 is 2.40 bits per heavy atom. The highest BCUT2D eigenvalue weighted by molar-refractivity contribution is 6.25. The molecule has 1 saturated carbocycles. The third kappa shape index (κ3) is 5.03. The summed E-state index contributed by atoms with van der Waals surface area (Å²) < 4.78 is 0. The van der Waals surface area contributed by atoms with Crippen molar-refractivity contribution in [3.63, 3.8) is 0 Å². The van der Waals surface area contributed by atoms with Crippen molar-refractivity contribution >= 4 is 11.6 Å². The van der Waals surface area contributed by atoms with Crippen LogP contribution in [0.2, 0.25) is 0 Å². The lowest BCUT2D eigenvalue weighted by Crippen LogP contribution is -2.27. The molecule has 1 fully saturated rings. The molecular weight excluding hydrogens is 206 g/mol. The topological polar surface area (TPSA) is 12.0 Å². The zero-order chi connectivity index (χ0) is 11.1. The summed E-state index contributed by atoms with van der Waals surface area (Å²) in [5.74, 6) is 1.90. The monoisotopic (exact) mass is 229 g/mol. The van der Waals surface area contributed by atoms with Crippen LogP contribution in [0.4, 0.5) is 0 Å². The van der Waals surface area contributed by atoms with Gasteiger partial charge in [-0.05, 0) is 43.7 Å². The number of rotatable bonds is 5. The van der Waals surface area contributed by atoms with Crippen molar-refractivity contribution in [3.05, 3.63) is 11.1 Å². The summed E-state index contributed by atoms with van der Waals surface area (Å²) in [5.41, 5.74) is 2.89. The standard InChI is InChI=1S/C13H24ClN/c1-3-12-4-6-13(7-5-12)10-15-9-11(2)8-14/h8,12-13,15H,3-7,9-10H2,1-2H3. The van der Waals surface area contributed by atoms with Crippen LogP contribution >= 0.6 is 11.6 Å². The molecule has 0 radical (unpaired) electrons. The minimum absolute atomic E-state index is 0.899. The first-order valence-electron chi connectivity index (χ1n) is 6.22. The van der Waals surface area contributed by atoms with Gasteiger partial charge in [-0.15, -0.1) is 0 Å². The van der Waals surface area contributed by atoms with Crippen molar-refractivity contribution in [2.45, 2.75) is 46.0 Å². The van der Waals surface area contributed by atoms with E-state index in [0.29, 0.717) is 0 Å². The van der Waals surface area contributed by atoms with Crippen LogP contribution in [0.15, 0.2) is 11.1 Å². The quantitative estimate of drug-likeness (QED) is 0.753. The van der Waals surface area contributed by atoms with Gasteiger partial charge in [0, 0.05) is 12.1 Å². The second-order valence-electron chi connectivity index (χ2n) is 4.88. The van der Waals surface area contributed by atoms with Gasteiger partial charge in [-0.3, -0.25) is 0 Å². The molecule has 1 N–H and O–H groups in total. The maximum Gasteiger partial charge on any atom is 0.0173 e. The SMILES string of the molecule is CCC1CCC(CNCC(C)=CCl)CC1. The average Bonchev–Trinajstić information content (AvgIpc) is 2.29.